The fourth-order valence-corrected chi connectivity index (χ4v) is 3.39. The predicted molar refractivity (Wildman–Crippen MR) is 116 cm³/mol. The third-order valence-electron chi connectivity index (χ3n) is 4.70. The van der Waals surface area contributed by atoms with Crippen LogP contribution >= 0.6 is 15.9 Å². The van der Waals surface area contributed by atoms with Crippen LogP contribution in [-0.4, -0.2) is 0 Å². The van der Waals surface area contributed by atoms with Crippen LogP contribution in [0.3, 0.4) is 0 Å². The first-order valence-electron chi connectivity index (χ1n) is 9.23. The molecule has 0 amide bonds. The number of hydrogen-bond donors (Lipinski definition) is 0. The zero-order valence-corrected chi connectivity index (χ0v) is 17.3. The topological polar surface area (TPSA) is 9.23 Å². The highest BCUT2D eigenvalue weighted by Crippen LogP contribution is 2.32. The van der Waals surface area contributed by atoms with Crippen LogP contribution in [0.15, 0.2) is 89.4 Å². The highest BCUT2D eigenvalue weighted by Gasteiger charge is 2.12. The lowest BCUT2D eigenvalue weighted by Crippen LogP contribution is -1.96. The van der Waals surface area contributed by atoms with Crippen LogP contribution in [0.5, 0.6) is 5.75 Å². The minimum atomic E-state index is -0.557. The minimum Gasteiger partial charge on any atom is -0.489 e. The molecule has 0 saturated carbocycles. The molecule has 150 valence electrons. The Labute approximate surface area is 180 Å². The van der Waals surface area contributed by atoms with Gasteiger partial charge in [-0.2, -0.15) is 0 Å². The van der Waals surface area contributed by atoms with E-state index in [-0.39, 0.29) is 11.1 Å². The quantitative estimate of drug-likeness (QED) is 0.290. The Hall–Kier alpha value is -3.05. The van der Waals surface area contributed by atoms with Crippen LogP contribution in [0.2, 0.25) is 0 Å². The van der Waals surface area contributed by atoms with E-state index in [2.05, 4.69) is 15.9 Å². The fourth-order valence-electron chi connectivity index (χ4n) is 3.14. The maximum atomic E-state index is 14.7. The van der Waals surface area contributed by atoms with Gasteiger partial charge in [0.15, 0.2) is 0 Å². The molecule has 0 bridgehead atoms. The molecule has 0 atom stereocenters. The Kier molecular flexibility index (Phi) is 5.91. The molecule has 4 rings (SSSR count). The number of rotatable bonds is 5. The van der Waals surface area contributed by atoms with Gasteiger partial charge in [-0.3, -0.25) is 0 Å². The predicted octanol–water partition coefficient (Wildman–Crippen LogP) is 7.78. The molecule has 0 N–H and O–H groups in total. The van der Waals surface area contributed by atoms with Crippen LogP contribution in [0, 0.1) is 17.5 Å². The molecule has 0 aromatic heterocycles. The molecular formula is C25H16BrF3O. The smallest absolute Gasteiger partial charge is 0.137 e. The fraction of sp³-hybridized carbons (Fsp3) is 0.0400. The van der Waals surface area contributed by atoms with Crippen molar-refractivity contribution in [3.63, 3.8) is 0 Å². The van der Waals surface area contributed by atoms with Crippen molar-refractivity contribution in [1.29, 1.82) is 0 Å². The molecule has 0 saturated heterocycles. The van der Waals surface area contributed by atoms with Crippen molar-refractivity contribution < 1.29 is 17.9 Å². The Balaban J connectivity index is 1.56. The van der Waals surface area contributed by atoms with Gasteiger partial charge in [0.1, 0.15) is 29.8 Å². The van der Waals surface area contributed by atoms with E-state index in [0.717, 1.165) is 5.56 Å². The molecule has 0 radical (unpaired) electrons. The molecule has 30 heavy (non-hydrogen) atoms. The lowest BCUT2D eigenvalue weighted by atomic mass is 9.99. The van der Waals surface area contributed by atoms with Crippen molar-refractivity contribution in [2.24, 2.45) is 0 Å². The van der Waals surface area contributed by atoms with Gasteiger partial charge in [-0.25, -0.2) is 13.2 Å². The van der Waals surface area contributed by atoms with Gasteiger partial charge < -0.3 is 4.74 Å². The second kappa shape index (κ2) is 8.76. The third-order valence-corrected chi connectivity index (χ3v) is 5.34. The maximum Gasteiger partial charge on any atom is 0.137 e. The summed E-state index contributed by atoms with van der Waals surface area (Å²) < 4.78 is 49.1. The average molecular weight is 469 g/mol. The van der Waals surface area contributed by atoms with Crippen molar-refractivity contribution in [3.8, 4) is 28.0 Å². The Morgan fingerprint density at radius 1 is 0.633 bits per heavy atom. The molecule has 4 aromatic carbocycles. The number of benzene rings is 4. The van der Waals surface area contributed by atoms with Crippen molar-refractivity contribution in [3.05, 3.63) is 112 Å². The maximum absolute atomic E-state index is 14.7. The summed E-state index contributed by atoms with van der Waals surface area (Å²) in [6.07, 6.45) is 0. The first-order chi connectivity index (χ1) is 14.5. The van der Waals surface area contributed by atoms with Crippen molar-refractivity contribution >= 4 is 15.9 Å². The molecule has 0 fully saturated rings. The highest BCUT2D eigenvalue weighted by atomic mass is 79.9. The lowest BCUT2D eigenvalue weighted by molar-refractivity contribution is 0.304. The van der Waals surface area contributed by atoms with Crippen molar-refractivity contribution in [2.45, 2.75) is 6.61 Å². The standard InChI is InChI=1S/C25H16BrF3O/c26-22-11-7-18(13-25(22)29)20-9-6-17(12-23(20)27)21-10-8-19(14-24(21)28)30-15-16-4-2-1-3-5-16/h1-14H,15H2. The summed E-state index contributed by atoms with van der Waals surface area (Å²) in [6, 6.07) is 22.8. The van der Waals surface area contributed by atoms with Gasteiger partial charge in [-0.05, 0) is 63.0 Å². The summed E-state index contributed by atoms with van der Waals surface area (Å²) >= 11 is 3.08. The van der Waals surface area contributed by atoms with Crippen LogP contribution in [0.1, 0.15) is 5.56 Å². The van der Waals surface area contributed by atoms with Gasteiger partial charge in [0.2, 0.25) is 0 Å². The summed E-state index contributed by atoms with van der Waals surface area (Å²) in [5.74, 6) is -1.16. The largest absolute Gasteiger partial charge is 0.489 e. The van der Waals surface area contributed by atoms with E-state index in [1.54, 1.807) is 24.3 Å². The van der Waals surface area contributed by atoms with Gasteiger partial charge >= 0.3 is 0 Å². The van der Waals surface area contributed by atoms with Crippen LogP contribution in [-0.2, 0) is 6.61 Å². The van der Waals surface area contributed by atoms with Gasteiger partial charge in [-0.15, -0.1) is 0 Å². The molecule has 0 aliphatic heterocycles. The van der Waals surface area contributed by atoms with E-state index in [9.17, 15) is 13.2 Å². The van der Waals surface area contributed by atoms with E-state index in [4.69, 9.17) is 4.74 Å². The second-order valence-electron chi connectivity index (χ2n) is 6.74. The highest BCUT2D eigenvalue weighted by molar-refractivity contribution is 9.10. The number of ether oxygens (including phenoxy) is 1. The monoisotopic (exact) mass is 468 g/mol. The van der Waals surface area contributed by atoms with E-state index in [0.29, 0.717) is 28.0 Å². The van der Waals surface area contributed by atoms with E-state index < -0.39 is 17.5 Å². The summed E-state index contributed by atoms with van der Waals surface area (Å²) in [6.45, 7) is 0.326. The average Bonchev–Trinajstić information content (AvgIpc) is 2.75. The molecule has 1 nitrogen and oxygen atoms in total. The SMILES string of the molecule is Fc1cc(-c2ccc(-c3ccc(OCc4ccccc4)cc3F)cc2F)ccc1Br. The number of hydrogen-bond acceptors (Lipinski definition) is 1. The van der Waals surface area contributed by atoms with Crippen LogP contribution in [0.25, 0.3) is 22.3 Å². The molecule has 4 aromatic rings. The lowest BCUT2D eigenvalue weighted by Gasteiger charge is -2.11. The molecule has 5 heteroatoms. The van der Waals surface area contributed by atoms with Crippen LogP contribution in [0.4, 0.5) is 13.2 Å². The second-order valence-corrected chi connectivity index (χ2v) is 7.59. The zero-order chi connectivity index (χ0) is 21.1. The molecule has 0 unspecified atom stereocenters. The summed E-state index contributed by atoms with van der Waals surface area (Å²) in [4.78, 5) is 0. The first-order valence-corrected chi connectivity index (χ1v) is 10.0. The zero-order valence-electron chi connectivity index (χ0n) is 15.7. The first kappa shape index (κ1) is 20.2. The Bertz CT molecular complexity index is 1190. The van der Waals surface area contributed by atoms with Crippen LogP contribution < -0.4 is 4.74 Å². The third kappa shape index (κ3) is 4.41. The van der Waals surface area contributed by atoms with E-state index in [1.165, 1.54) is 30.3 Å². The molecule has 0 aliphatic rings. The molecule has 0 aliphatic carbocycles. The van der Waals surface area contributed by atoms with Gasteiger partial charge in [0, 0.05) is 17.2 Å². The summed E-state index contributed by atoms with van der Waals surface area (Å²) in [5, 5.41) is 0. The van der Waals surface area contributed by atoms with E-state index in [1.807, 2.05) is 30.3 Å². The van der Waals surface area contributed by atoms with Gasteiger partial charge in [0.05, 0.1) is 4.47 Å². The van der Waals surface area contributed by atoms with Gasteiger partial charge in [-0.1, -0.05) is 48.5 Å². The Morgan fingerprint density at radius 2 is 1.23 bits per heavy atom. The van der Waals surface area contributed by atoms with Gasteiger partial charge in [0.25, 0.3) is 0 Å². The van der Waals surface area contributed by atoms with E-state index >= 15 is 0 Å². The Morgan fingerprint density at radius 3 is 1.87 bits per heavy atom. The number of halogens is 4. The molecule has 0 heterocycles. The van der Waals surface area contributed by atoms with Crippen molar-refractivity contribution in [2.75, 3.05) is 0 Å². The normalized spacial score (nSPS) is 10.8. The summed E-state index contributed by atoms with van der Waals surface area (Å²) in [7, 11) is 0. The molecular weight excluding hydrogens is 453 g/mol. The van der Waals surface area contributed by atoms with Crippen molar-refractivity contribution in [1.82, 2.24) is 0 Å². The molecule has 0 spiro atoms. The minimum absolute atomic E-state index is 0.244. The summed E-state index contributed by atoms with van der Waals surface area (Å²) in [5.41, 5.74) is 2.28.